The van der Waals surface area contributed by atoms with Crippen molar-refractivity contribution in [2.45, 2.75) is 44.7 Å². The normalized spacial score (nSPS) is 19.9. The van der Waals surface area contributed by atoms with Crippen molar-refractivity contribution >= 4 is 11.8 Å². The molecule has 1 saturated heterocycles. The average Bonchev–Trinajstić information content (AvgIpc) is 3.26. The number of amides is 2. The zero-order valence-corrected chi connectivity index (χ0v) is 14.0. The van der Waals surface area contributed by atoms with E-state index in [2.05, 4.69) is 5.32 Å². The molecule has 1 atom stereocenters. The smallest absolute Gasteiger partial charge is 0.261 e. The average molecular weight is 332 g/mol. The third-order valence-electron chi connectivity index (χ3n) is 4.30. The summed E-state index contributed by atoms with van der Waals surface area (Å²) in [5.41, 5.74) is 0. The van der Waals surface area contributed by atoms with Crippen LogP contribution in [0.3, 0.4) is 0 Å². The highest BCUT2D eigenvalue weighted by molar-refractivity contribution is 5.89. The minimum absolute atomic E-state index is 0.0237. The fourth-order valence-corrected chi connectivity index (χ4v) is 2.89. The van der Waals surface area contributed by atoms with Crippen molar-refractivity contribution in [3.05, 3.63) is 24.3 Å². The van der Waals surface area contributed by atoms with E-state index in [0.717, 1.165) is 31.4 Å². The molecule has 1 saturated carbocycles. The second-order valence-electron chi connectivity index (χ2n) is 6.22. The summed E-state index contributed by atoms with van der Waals surface area (Å²) in [6.07, 6.45) is 3.69. The number of carbonyl (C=O) groups is 2. The maximum Gasteiger partial charge on any atom is 0.261 e. The molecule has 0 bridgehead atoms. The first kappa shape index (κ1) is 16.6. The van der Waals surface area contributed by atoms with Gasteiger partial charge in [0.2, 0.25) is 5.91 Å². The lowest BCUT2D eigenvalue weighted by atomic mass is 10.2. The van der Waals surface area contributed by atoms with Crippen LogP contribution in [0, 0.1) is 0 Å². The van der Waals surface area contributed by atoms with Gasteiger partial charge < -0.3 is 19.7 Å². The molecule has 1 aliphatic carbocycles. The predicted molar refractivity (Wildman–Crippen MR) is 89.0 cm³/mol. The van der Waals surface area contributed by atoms with Gasteiger partial charge in [-0.15, -0.1) is 0 Å². The van der Waals surface area contributed by atoms with E-state index in [1.54, 1.807) is 17.0 Å². The molecule has 1 heterocycles. The molecule has 2 fully saturated rings. The van der Waals surface area contributed by atoms with Gasteiger partial charge in [0, 0.05) is 12.6 Å². The maximum atomic E-state index is 12.4. The molecule has 0 radical (unpaired) electrons. The van der Waals surface area contributed by atoms with E-state index in [0.29, 0.717) is 24.9 Å². The molecule has 1 unspecified atom stereocenters. The first-order valence-electron chi connectivity index (χ1n) is 8.63. The van der Waals surface area contributed by atoms with Gasteiger partial charge in [0.25, 0.3) is 5.91 Å². The molecule has 1 aromatic carbocycles. The Labute approximate surface area is 142 Å². The number of benzene rings is 1. The second-order valence-corrected chi connectivity index (χ2v) is 6.22. The summed E-state index contributed by atoms with van der Waals surface area (Å²) in [6.45, 7) is 3.10. The lowest BCUT2D eigenvalue weighted by molar-refractivity contribution is -0.140. The lowest BCUT2D eigenvalue weighted by Crippen LogP contribution is -2.47. The van der Waals surface area contributed by atoms with E-state index in [9.17, 15) is 9.59 Å². The Morgan fingerprint density at radius 1 is 1.12 bits per heavy atom. The zero-order valence-electron chi connectivity index (χ0n) is 14.0. The number of likely N-dealkylation sites (tertiary alicyclic amines) is 1. The van der Waals surface area contributed by atoms with Crippen molar-refractivity contribution in [2.24, 2.45) is 0 Å². The van der Waals surface area contributed by atoms with Crippen LogP contribution in [0.1, 0.15) is 32.6 Å². The van der Waals surface area contributed by atoms with Gasteiger partial charge >= 0.3 is 0 Å². The van der Waals surface area contributed by atoms with Crippen molar-refractivity contribution in [3.8, 4) is 11.5 Å². The van der Waals surface area contributed by atoms with Gasteiger partial charge in [0.15, 0.2) is 6.61 Å². The quantitative estimate of drug-likeness (QED) is 0.826. The van der Waals surface area contributed by atoms with Gasteiger partial charge in [-0.1, -0.05) is 0 Å². The standard InChI is InChI=1S/C18H24N2O4/c1-2-23-14-7-9-15(10-8-14)24-12-17(21)20-11-3-4-16(20)18(22)19-13-5-6-13/h7-10,13,16H,2-6,11-12H2,1H3,(H,19,22). The number of nitrogens with one attached hydrogen (secondary N) is 1. The first-order chi connectivity index (χ1) is 11.7. The van der Waals surface area contributed by atoms with Gasteiger partial charge in [-0.2, -0.15) is 0 Å². The fourth-order valence-electron chi connectivity index (χ4n) is 2.89. The predicted octanol–water partition coefficient (Wildman–Crippen LogP) is 1.73. The topological polar surface area (TPSA) is 67.9 Å². The highest BCUT2D eigenvalue weighted by atomic mass is 16.5. The number of ether oxygens (including phenoxy) is 2. The molecule has 1 aliphatic heterocycles. The Bertz CT molecular complexity index is 583. The van der Waals surface area contributed by atoms with Gasteiger partial charge in [0.1, 0.15) is 17.5 Å². The van der Waals surface area contributed by atoms with Crippen molar-refractivity contribution in [1.29, 1.82) is 0 Å². The van der Waals surface area contributed by atoms with Crippen molar-refractivity contribution in [3.63, 3.8) is 0 Å². The Morgan fingerprint density at radius 3 is 2.42 bits per heavy atom. The van der Waals surface area contributed by atoms with Crippen LogP contribution in [-0.2, 0) is 9.59 Å². The van der Waals surface area contributed by atoms with Crippen molar-refractivity contribution in [2.75, 3.05) is 19.8 Å². The monoisotopic (exact) mass is 332 g/mol. The largest absolute Gasteiger partial charge is 0.494 e. The molecule has 3 rings (SSSR count). The number of carbonyl (C=O) groups excluding carboxylic acids is 2. The summed E-state index contributed by atoms with van der Waals surface area (Å²) in [4.78, 5) is 26.3. The van der Waals surface area contributed by atoms with E-state index >= 15 is 0 Å². The molecule has 0 aromatic heterocycles. The number of hydrogen-bond donors (Lipinski definition) is 1. The van der Waals surface area contributed by atoms with E-state index < -0.39 is 0 Å². The third-order valence-corrected chi connectivity index (χ3v) is 4.30. The zero-order chi connectivity index (χ0) is 16.9. The minimum Gasteiger partial charge on any atom is -0.494 e. The van der Waals surface area contributed by atoms with Crippen LogP contribution in [0.5, 0.6) is 11.5 Å². The van der Waals surface area contributed by atoms with Gasteiger partial charge in [0.05, 0.1) is 6.61 Å². The van der Waals surface area contributed by atoms with Crippen molar-refractivity contribution < 1.29 is 19.1 Å². The molecule has 1 N–H and O–H groups in total. The van der Waals surface area contributed by atoms with Crippen LogP contribution in [0.4, 0.5) is 0 Å². The Kier molecular flexibility index (Phi) is 5.23. The van der Waals surface area contributed by atoms with E-state index in [1.165, 1.54) is 0 Å². The molecule has 1 aromatic rings. The highest BCUT2D eigenvalue weighted by Crippen LogP contribution is 2.23. The van der Waals surface area contributed by atoms with Gasteiger partial charge in [-0.3, -0.25) is 9.59 Å². The molecule has 2 amide bonds. The highest BCUT2D eigenvalue weighted by Gasteiger charge is 2.36. The molecular weight excluding hydrogens is 308 g/mol. The van der Waals surface area contributed by atoms with Crippen LogP contribution < -0.4 is 14.8 Å². The Morgan fingerprint density at radius 2 is 1.79 bits per heavy atom. The van der Waals surface area contributed by atoms with Gasteiger partial charge in [-0.25, -0.2) is 0 Å². The molecule has 130 valence electrons. The summed E-state index contributed by atoms with van der Waals surface area (Å²) < 4.78 is 10.9. The maximum absolute atomic E-state index is 12.4. The van der Waals surface area contributed by atoms with Crippen LogP contribution in [0.25, 0.3) is 0 Å². The molecule has 24 heavy (non-hydrogen) atoms. The number of rotatable bonds is 7. The number of nitrogens with zero attached hydrogens (tertiary/aromatic N) is 1. The van der Waals surface area contributed by atoms with Crippen LogP contribution >= 0.6 is 0 Å². The Balaban J connectivity index is 1.50. The summed E-state index contributed by atoms with van der Waals surface area (Å²) in [6, 6.07) is 7.15. The molecule has 2 aliphatic rings. The summed E-state index contributed by atoms with van der Waals surface area (Å²) in [5.74, 6) is 1.22. The van der Waals surface area contributed by atoms with E-state index in [1.807, 2.05) is 19.1 Å². The third kappa shape index (κ3) is 4.19. The van der Waals surface area contributed by atoms with E-state index in [4.69, 9.17) is 9.47 Å². The van der Waals surface area contributed by atoms with Crippen LogP contribution in [-0.4, -0.2) is 48.6 Å². The molecular formula is C18H24N2O4. The number of hydrogen-bond acceptors (Lipinski definition) is 4. The summed E-state index contributed by atoms with van der Waals surface area (Å²) >= 11 is 0. The van der Waals surface area contributed by atoms with E-state index in [-0.39, 0.29) is 24.5 Å². The molecule has 6 heteroatoms. The lowest BCUT2D eigenvalue weighted by Gasteiger charge is -2.24. The Hall–Kier alpha value is -2.24. The van der Waals surface area contributed by atoms with Crippen LogP contribution in [0.15, 0.2) is 24.3 Å². The van der Waals surface area contributed by atoms with Crippen molar-refractivity contribution in [1.82, 2.24) is 10.2 Å². The first-order valence-corrected chi connectivity index (χ1v) is 8.63. The summed E-state index contributed by atoms with van der Waals surface area (Å²) in [5, 5.41) is 2.99. The van der Waals surface area contributed by atoms with Crippen LogP contribution in [0.2, 0.25) is 0 Å². The minimum atomic E-state index is -0.345. The SMILES string of the molecule is CCOc1ccc(OCC(=O)N2CCCC2C(=O)NC2CC2)cc1. The van der Waals surface area contributed by atoms with Gasteiger partial charge in [-0.05, 0) is 56.9 Å². The molecule has 6 nitrogen and oxygen atoms in total. The molecule has 0 spiro atoms. The fraction of sp³-hybridized carbons (Fsp3) is 0.556. The summed E-state index contributed by atoms with van der Waals surface area (Å²) in [7, 11) is 0. The second kappa shape index (κ2) is 7.55.